The Bertz CT molecular complexity index is 740. The molecule has 0 saturated carbocycles. The Labute approximate surface area is 146 Å². The van der Waals surface area contributed by atoms with Crippen LogP contribution in [0.15, 0.2) is 23.1 Å². The topological polar surface area (TPSA) is 83.7 Å². The molecule has 0 radical (unpaired) electrons. The molecule has 0 aromatic heterocycles. The Morgan fingerprint density at radius 2 is 2.12 bits per heavy atom. The van der Waals surface area contributed by atoms with Gasteiger partial charge < -0.3 is 4.90 Å². The van der Waals surface area contributed by atoms with Crippen molar-refractivity contribution in [2.75, 3.05) is 24.5 Å². The smallest absolute Gasteiger partial charge is 0.251 e. The van der Waals surface area contributed by atoms with Gasteiger partial charge in [-0.1, -0.05) is 6.92 Å². The Morgan fingerprint density at radius 3 is 2.68 bits per heavy atom. The minimum atomic E-state index is -3.81. The van der Waals surface area contributed by atoms with E-state index in [0.29, 0.717) is 30.6 Å². The second-order valence-corrected chi connectivity index (χ2v) is 7.84. The van der Waals surface area contributed by atoms with Crippen molar-refractivity contribution >= 4 is 21.6 Å². The second-order valence-electron chi connectivity index (χ2n) is 6.28. The van der Waals surface area contributed by atoms with Crippen molar-refractivity contribution < 1.29 is 22.0 Å². The summed E-state index contributed by atoms with van der Waals surface area (Å²) in [7, 11) is -3.81. The summed E-state index contributed by atoms with van der Waals surface area (Å²) in [5.41, 5.74) is 1.32. The fourth-order valence-electron chi connectivity index (χ4n) is 3.18. The van der Waals surface area contributed by atoms with Crippen LogP contribution in [0.4, 0.5) is 14.5 Å². The van der Waals surface area contributed by atoms with E-state index in [1.807, 2.05) is 13.8 Å². The van der Waals surface area contributed by atoms with Gasteiger partial charge in [-0.05, 0) is 50.1 Å². The highest BCUT2D eigenvalue weighted by atomic mass is 32.2. The van der Waals surface area contributed by atoms with Crippen LogP contribution >= 0.6 is 0 Å². The minimum absolute atomic E-state index is 0.00180. The Kier molecular flexibility index (Phi) is 6.12. The zero-order valence-electron chi connectivity index (χ0n) is 14.3. The van der Waals surface area contributed by atoms with Crippen LogP contribution < -0.4 is 10.0 Å². The normalized spacial score (nSPS) is 17.4. The monoisotopic (exact) mass is 375 g/mol. The van der Waals surface area contributed by atoms with E-state index in [1.54, 1.807) is 11.0 Å². The molecule has 1 aliphatic rings. The second kappa shape index (κ2) is 7.76. The Morgan fingerprint density at radius 1 is 1.44 bits per heavy atom. The number of nitrogens with two attached hydrogens (primary N) is 1. The van der Waals surface area contributed by atoms with Crippen molar-refractivity contribution in [2.24, 2.45) is 5.14 Å². The molecule has 0 unspecified atom stereocenters. The lowest BCUT2D eigenvalue weighted by Crippen LogP contribution is -2.44. The molecular weight excluding hydrogens is 352 g/mol. The largest absolute Gasteiger partial charge is 0.308 e. The first kappa shape index (κ1) is 19.7. The Balaban J connectivity index is 2.22. The first-order valence-corrected chi connectivity index (χ1v) is 9.66. The molecule has 0 spiro atoms. The number of benzene rings is 1. The fourth-order valence-corrected chi connectivity index (χ4v) is 3.74. The number of sulfonamides is 1. The first-order valence-electron chi connectivity index (χ1n) is 8.11. The van der Waals surface area contributed by atoms with Crippen LogP contribution in [0.3, 0.4) is 0 Å². The van der Waals surface area contributed by atoms with E-state index in [2.05, 4.69) is 0 Å². The van der Waals surface area contributed by atoms with Crippen LogP contribution in [-0.4, -0.2) is 51.3 Å². The van der Waals surface area contributed by atoms with E-state index in [-0.39, 0.29) is 23.4 Å². The van der Waals surface area contributed by atoms with Gasteiger partial charge in [-0.2, -0.15) is 0 Å². The lowest BCUT2D eigenvalue weighted by Gasteiger charge is -2.27. The Hall–Kier alpha value is -1.58. The maximum absolute atomic E-state index is 12.7. The number of carbonyl (C=O) groups excluding carboxylic acids is 1. The number of carbonyl (C=O) groups is 1. The van der Waals surface area contributed by atoms with Gasteiger partial charge >= 0.3 is 0 Å². The van der Waals surface area contributed by atoms with Crippen molar-refractivity contribution in [3.05, 3.63) is 23.8 Å². The van der Waals surface area contributed by atoms with Gasteiger partial charge in [-0.25, -0.2) is 22.3 Å². The number of amides is 1. The van der Waals surface area contributed by atoms with E-state index in [9.17, 15) is 22.0 Å². The van der Waals surface area contributed by atoms with Gasteiger partial charge in [-0.15, -0.1) is 0 Å². The third kappa shape index (κ3) is 4.74. The van der Waals surface area contributed by atoms with Gasteiger partial charge in [0.15, 0.2) is 0 Å². The van der Waals surface area contributed by atoms with E-state index < -0.39 is 23.0 Å². The van der Waals surface area contributed by atoms with Crippen LogP contribution in [0.25, 0.3) is 0 Å². The summed E-state index contributed by atoms with van der Waals surface area (Å²) >= 11 is 0. The minimum Gasteiger partial charge on any atom is -0.308 e. The highest BCUT2D eigenvalue weighted by molar-refractivity contribution is 7.89. The molecule has 1 amide bonds. The highest BCUT2D eigenvalue weighted by Gasteiger charge is 2.32. The van der Waals surface area contributed by atoms with Crippen molar-refractivity contribution in [3.8, 4) is 0 Å². The molecule has 140 valence electrons. The zero-order chi connectivity index (χ0) is 18.8. The number of alkyl halides is 2. The average molecular weight is 375 g/mol. The average Bonchev–Trinajstić information content (AvgIpc) is 2.80. The van der Waals surface area contributed by atoms with Crippen LogP contribution in [0.5, 0.6) is 0 Å². The summed E-state index contributed by atoms with van der Waals surface area (Å²) in [6.07, 6.45) is -1.34. The molecule has 0 aliphatic carbocycles. The molecule has 0 fully saturated rings. The molecule has 1 heterocycles. The molecule has 1 atom stereocenters. The molecule has 1 aromatic carbocycles. The summed E-state index contributed by atoms with van der Waals surface area (Å²) in [5.74, 6) is -0.274. The van der Waals surface area contributed by atoms with Crippen LogP contribution in [0.2, 0.25) is 0 Å². The predicted molar refractivity (Wildman–Crippen MR) is 91.2 cm³/mol. The lowest BCUT2D eigenvalue weighted by molar-refractivity contribution is -0.120. The maximum Gasteiger partial charge on any atom is 0.251 e. The number of fused-ring (bicyclic) bond motifs is 1. The number of halogens is 2. The third-order valence-corrected chi connectivity index (χ3v) is 5.07. The highest BCUT2D eigenvalue weighted by Crippen LogP contribution is 2.33. The van der Waals surface area contributed by atoms with Crippen LogP contribution in [0, 0.1) is 0 Å². The van der Waals surface area contributed by atoms with Gasteiger partial charge in [0.1, 0.15) is 0 Å². The molecular formula is C16H23F2N3O3S. The molecule has 0 saturated heterocycles. The van der Waals surface area contributed by atoms with Crippen molar-refractivity contribution in [3.63, 3.8) is 0 Å². The van der Waals surface area contributed by atoms with Gasteiger partial charge in [0, 0.05) is 11.7 Å². The molecule has 25 heavy (non-hydrogen) atoms. The molecule has 0 bridgehead atoms. The van der Waals surface area contributed by atoms with Crippen LogP contribution in [-0.2, 0) is 21.2 Å². The number of anilines is 1. The van der Waals surface area contributed by atoms with Gasteiger partial charge in [0.2, 0.25) is 15.9 Å². The first-order chi connectivity index (χ1) is 11.6. The summed E-state index contributed by atoms with van der Waals surface area (Å²) < 4.78 is 48.3. The summed E-state index contributed by atoms with van der Waals surface area (Å²) in [4.78, 5) is 15.7. The molecule has 6 nitrogen and oxygen atoms in total. The van der Waals surface area contributed by atoms with E-state index >= 15 is 0 Å². The van der Waals surface area contributed by atoms with Crippen molar-refractivity contribution in [2.45, 2.75) is 44.1 Å². The van der Waals surface area contributed by atoms with Crippen molar-refractivity contribution in [1.29, 1.82) is 0 Å². The summed E-state index contributed by atoms with van der Waals surface area (Å²) in [5, 5.41) is 5.14. The van der Waals surface area contributed by atoms with E-state index in [4.69, 9.17) is 5.14 Å². The summed E-state index contributed by atoms with van der Waals surface area (Å²) in [6, 6.07) is 4.20. The molecule has 1 aliphatic heterocycles. The predicted octanol–water partition coefficient (Wildman–Crippen LogP) is 1.59. The van der Waals surface area contributed by atoms with Gasteiger partial charge in [0.05, 0.1) is 18.0 Å². The number of nitrogens with zero attached hydrogens (tertiary/aromatic N) is 2. The standard InChI is InChI=1S/C16H23F2N3O3S/c1-3-6-20(9-15(17)18)10-16(22)21-11(2)7-12-8-13(25(19,23)24)4-5-14(12)21/h4-5,8,11,15H,3,6-7,9-10H2,1-2H3,(H2,19,23,24)/t11-/m1/s1. The molecule has 9 heteroatoms. The third-order valence-electron chi connectivity index (χ3n) is 4.16. The number of hydrogen-bond donors (Lipinski definition) is 1. The number of hydrogen-bond acceptors (Lipinski definition) is 4. The molecule has 2 N–H and O–H groups in total. The maximum atomic E-state index is 12.7. The van der Waals surface area contributed by atoms with E-state index in [1.165, 1.54) is 17.0 Å². The van der Waals surface area contributed by atoms with Crippen molar-refractivity contribution in [1.82, 2.24) is 4.90 Å². The van der Waals surface area contributed by atoms with Crippen LogP contribution in [0.1, 0.15) is 25.8 Å². The lowest BCUT2D eigenvalue weighted by atomic mass is 10.1. The quantitative estimate of drug-likeness (QED) is 0.784. The zero-order valence-corrected chi connectivity index (χ0v) is 15.1. The molecule has 2 rings (SSSR count). The SMILES string of the molecule is CCCN(CC(=O)N1c2ccc(S(N)(=O)=O)cc2C[C@H]1C)CC(F)F. The van der Waals surface area contributed by atoms with E-state index in [0.717, 1.165) is 0 Å². The van der Waals surface area contributed by atoms with Gasteiger partial charge in [0.25, 0.3) is 6.43 Å². The molecule has 1 aromatic rings. The number of rotatable bonds is 7. The fraction of sp³-hybridized carbons (Fsp3) is 0.562. The summed E-state index contributed by atoms with van der Waals surface area (Å²) in [6.45, 7) is 3.57. The van der Waals surface area contributed by atoms with Gasteiger partial charge in [-0.3, -0.25) is 9.69 Å². The number of primary sulfonamides is 1.